The number of fused-ring (bicyclic) bond motifs is 1. The van der Waals surface area contributed by atoms with E-state index in [9.17, 15) is 0 Å². The lowest BCUT2D eigenvalue weighted by atomic mass is 10.1. The third-order valence-corrected chi connectivity index (χ3v) is 9.41. The maximum atomic E-state index is 6.61. The molecule has 23 heavy (non-hydrogen) atoms. The Morgan fingerprint density at radius 2 is 1.70 bits per heavy atom. The highest BCUT2D eigenvalue weighted by molar-refractivity contribution is 6.74. The fourth-order valence-corrected chi connectivity index (χ4v) is 3.78. The van der Waals surface area contributed by atoms with Gasteiger partial charge in [0, 0.05) is 5.39 Å². The molecule has 1 atom stereocenters. The molecule has 5 heteroatoms. The molecule has 0 saturated carbocycles. The van der Waals surface area contributed by atoms with Crippen molar-refractivity contribution in [3.63, 3.8) is 0 Å². The van der Waals surface area contributed by atoms with Crippen molar-refractivity contribution in [3.05, 3.63) is 35.2 Å². The number of aromatic nitrogens is 2. The molecule has 0 N–H and O–H groups in total. The Morgan fingerprint density at radius 3 is 2.26 bits per heavy atom. The number of hydrogen-bond acceptors (Lipinski definition) is 3. The Hall–Kier alpha value is -0.973. The Bertz CT molecular complexity index is 695. The van der Waals surface area contributed by atoms with Crippen molar-refractivity contribution in [1.82, 2.24) is 9.97 Å². The van der Waals surface area contributed by atoms with Crippen LogP contribution in [0.4, 0.5) is 0 Å². The first-order valence-corrected chi connectivity index (χ1v) is 11.4. The molecule has 0 radical (unpaired) electrons. The molecule has 0 fully saturated rings. The van der Waals surface area contributed by atoms with Crippen LogP contribution < -0.4 is 0 Å². The maximum absolute atomic E-state index is 6.61. The van der Waals surface area contributed by atoms with Crippen molar-refractivity contribution in [2.45, 2.75) is 58.9 Å². The molecule has 2 rings (SSSR count). The average Bonchev–Trinajstić information content (AvgIpc) is 2.43. The molecule has 0 bridgehead atoms. The summed E-state index contributed by atoms with van der Waals surface area (Å²) >= 11 is 6.38. The number of halogens is 1. The highest BCUT2D eigenvalue weighted by atomic mass is 35.5. The first-order chi connectivity index (χ1) is 10.5. The maximum Gasteiger partial charge on any atom is 0.193 e. The van der Waals surface area contributed by atoms with Crippen molar-refractivity contribution >= 4 is 30.8 Å². The summed E-state index contributed by atoms with van der Waals surface area (Å²) in [7, 11) is -1.92. The fraction of sp³-hybridized carbons (Fsp3) is 0.556. The first kappa shape index (κ1) is 18.4. The molecule has 0 saturated heterocycles. The quantitative estimate of drug-likeness (QED) is 0.500. The van der Waals surface area contributed by atoms with Gasteiger partial charge >= 0.3 is 0 Å². The largest absolute Gasteiger partial charge is 0.406 e. The van der Waals surface area contributed by atoms with Gasteiger partial charge in [0.25, 0.3) is 0 Å². The SMILES string of the molecule is CC(C)[C@H](O[Si](C)(C)C(C)(C)C)c1nc(Cl)c2ccccc2n1. The Morgan fingerprint density at radius 1 is 1.09 bits per heavy atom. The van der Waals surface area contributed by atoms with Gasteiger partial charge in [-0.05, 0) is 36.2 Å². The zero-order valence-electron chi connectivity index (χ0n) is 15.1. The topological polar surface area (TPSA) is 35.0 Å². The van der Waals surface area contributed by atoms with Crippen LogP contribution in [0.3, 0.4) is 0 Å². The molecular formula is C18H27ClN2OSi. The molecule has 0 aliphatic carbocycles. The van der Waals surface area contributed by atoms with Gasteiger partial charge in [-0.1, -0.05) is 58.4 Å². The van der Waals surface area contributed by atoms with Gasteiger partial charge < -0.3 is 4.43 Å². The smallest absolute Gasteiger partial charge is 0.193 e. The van der Waals surface area contributed by atoms with Crippen LogP contribution in [0.25, 0.3) is 10.9 Å². The summed E-state index contributed by atoms with van der Waals surface area (Å²) in [6.07, 6.45) is -0.141. The monoisotopic (exact) mass is 350 g/mol. The van der Waals surface area contributed by atoms with E-state index in [1.807, 2.05) is 24.3 Å². The minimum atomic E-state index is -1.92. The predicted octanol–water partition coefficient (Wildman–Crippen LogP) is 6.00. The van der Waals surface area contributed by atoms with E-state index in [4.69, 9.17) is 21.0 Å². The molecule has 1 aromatic heterocycles. The molecule has 1 aromatic carbocycles. The molecular weight excluding hydrogens is 324 g/mol. The Balaban J connectivity index is 2.46. The number of hydrogen-bond donors (Lipinski definition) is 0. The summed E-state index contributed by atoms with van der Waals surface area (Å²) in [5.41, 5.74) is 0.868. The second kappa shape index (κ2) is 6.50. The predicted molar refractivity (Wildman–Crippen MR) is 100 cm³/mol. The molecule has 0 aliphatic rings. The van der Waals surface area contributed by atoms with Crippen LogP contribution in [0.15, 0.2) is 24.3 Å². The van der Waals surface area contributed by atoms with Crippen LogP contribution in [0.5, 0.6) is 0 Å². The highest BCUT2D eigenvalue weighted by Gasteiger charge is 2.40. The zero-order valence-corrected chi connectivity index (χ0v) is 16.9. The number of nitrogens with zero attached hydrogens (tertiary/aromatic N) is 2. The fourth-order valence-electron chi connectivity index (χ4n) is 2.16. The molecule has 2 aromatic rings. The molecule has 0 spiro atoms. The minimum absolute atomic E-state index is 0.140. The second-order valence-corrected chi connectivity index (χ2v) is 13.0. The van der Waals surface area contributed by atoms with Crippen LogP contribution in [-0.4, -0.2) is 18.3 Å². The van der Waals surface area contributed by atoms with Gasteiger partial charge in [-0.3, -0.25) is 0 Å². The average molecular weight is 351 g/mol. The van der Waals surface area contributed by atoms with Crippen molar-refractivity contribution in [1.29, 1.82) is 0 Å². The van der Waals surface area contributed by atoms with E-state index in [0.29, 0.717) is 11.0 Å². The van der Waals surface area contributed by atoms with Gasteiger partial charge in [0.2, 0.25) is 0 Å². The van der Waals surface area contributed by atoms with E-state index >= 15 is 0 Å². The summed E-state index contributed by atoms with van der Waals surface area (Å²) in [5.74, 6) is 0.967. The van der Waals surface area contributed by atoms with E-state index in [2.05, 4.69) is 52.7 Å². The van der Waals surface area contributed by atoms with Crippen molar-refractivity contribution in [2.75, 3.05) is 0 Å². The lowest BCUT2D eigenvalue weighted by molar-refractivity contribution is 0.127. The van der Waals surface area contributed by atoms with Gasteiger partial charge in [0.05, 0.1) is 5.52 Å². The van der Waals surface area contributed by atoms with Crippen molar-refractivity contribution in [2.24, 2.45) is 5.92 Å². The minimum Gasteiger partial charge on any atom is -0.406 e. The summed E-state index contributed by atoms with van der Waals surface area (Å²) < 4.78 is 6.61. The summed E-state index contributed by atoms with van der Waals surface area (Å²) in [4.78, 5) is 9.27. The van der Waals surface area contributed by atoms with E-state index in [1.54, 1.807) is 0 Å². The van der Waals surface area contributed by atoms with E-state index in [0.717, 1.165) is 10.9 Å². The van der Waals surface area contributed by atoms with Crippen molar-refractivity contribution in [3.8, 4) is 0 Å². The third-order valence-electron chi connectivity index (χ3n) is 4.66. The first-order valence-electron chi connectivity index (χ1n) is 8.13. The Kier molecular flexibility index (Phi) is 5.19. The van der Waals surface area contributed by atoms with E-state index < -0.39 is 8.32 Å². The number of para-hydroxylation sites is 1. The van der Waals surface area contributed by atoms with E-state index in [-0.39, 0.29) is 17.1 Å². The second-order valence-electron chi connectivity index (χ2n) is 7.93. The third kappa shape index (κ3) is 3.93. The normalized spacial score (nSPS) is 14.5. The lowest BCUT2D eigenvalue weighted by Crippen LogP contribution is -2.43. The van der Waals surface area contributed by atoms with Gasteiger partial charge in [0.15, 0.2) is 14.1 Å². The van der Waals surface area contributed by atoms with Gasteiger partial charge in [-0.2, -0.15) is 0 Å². The summed E-state index contributed by atoms with van der Waals surface area (Å²) in [6.45, 7) is 15.5. The summed E-state index contributed by atoms with van der Waals surface area (Å²) in [6, 6.07) is 7.83. The molecule has 1 heterocycles. The van der Waals surface area contributed by atoms with Crippen LogP contribution in [0, 0.1) is 5.92 Å². The molecule has 126 valence electrons. The van der Waals surface area contributed by atoms with Gasteiger partial charge in [-0.15, -0.1) is 0 Å². The van der Waals surface area contributed by atoms with Crippen LogP contribution >= 0.6 is 11.6 Å². The van der Waals surface area contributed by atoms with Crippen LogP contribution in [0.2, 0.25) is 23.3 Å². The summed E-state index contributed by atoms with van der Waals surface area (Å²) in [5, 5.41) is 1.52. The standard InChI is InChI=1S/C18H27ClN2OSi/c1-12(2)15(22-23(6,7)18(3,4)5)17-20-14-11-9-8-10-13(14)16(19)21-17/h8-12,15H,1-7H3/t15-/m0/s1. The zero-order chi connectivity index (χ0) is 17.4. The molecule has 0 unspecified atom stereocenters. The van der Waals surface area contributed by atoms with Crippen LogP contribution in [0.1, 0.15) is 46.5 Å². The lowest BCUT2D eigenvalue weighted by Gasteiger charge is -2.40. The van der Waals surface area contributed by atoms with Gasteiger partial charge in [-0.25, -0.2) is 9.97 Å². The number of benzene rings is 1. The van der Waals surface area contributed by atoms with Gasteiger partial charge in [0.1, 0.15) is 11.3 Å². The number of rotatable bonds is 4. The van der Waals surface area contributed by atoms with Crippen LogP contribution in [-0.2, 0) is 4.43 Å². The molecule has 0 amide bonds. The van der Waals surface area contributed by atoms with Crippen molar-refractivity contribution < 1.29 is 4.43 Å². The molecule has 3 nitrogen and oxygen atoms in total. The molecule has 0 aliphatic heterocycles. The van der Waals surface area contributed by atoms with E-state index in [1.165, 1.54) is 0 Å². The highest BCUT2D eigenvalue weighted by Crippen LogP contribution is 2.41. The Labute approximate surface area is 145 Å².